The van der Waals surface area contributed by atoms with Gasteiger partial charge < -0.3 is 9.73 Å². The third kappa shape index (κ3) is 4.31. The van der Waals surface area contributed by atoms with Crippen LogP contribution in [0.3, 0.4) is 0 Å². The van der Waals surface area contributed by atoms with Gasteiger partial charge in [0.05, 0.1) is 10.7 Å². The van der Waals surface area contributed by atoms with Crippen molar-refractivity contribution in [2.75, 3.05) is 6.54 Å². The Balaban J connectivity index is 2.48. The normalized spacial score (nSPS) is 10.6. The van der Waals surface area contributed by atoms with Gasteiger partial charge in [-0.15, -0.1) is 0 Å². The van der Waals surface area contributed by atoms with Gasteiger partial charge in [0.15, 0.2) is 9.78 Å². The summed E-state index contributed by atoms with van der Waals surface area (Å²) in [5.74, 6) is 0.626. The topological polar surface area (TPSA) is 49.6 Å². The van der Waals surface area contributed by atoms with E-state index in [2.05, 4.69) is 47.7 Å². The molecule has 0 aliphatic carbocycles. The van der Waals surface area contributed by atoms with Crippen LogP contribution in [0.5, 0.6) is 0 Å². The molecule has 1 aromatic heterocycles. The Labute approximate surface area is 110 Å². The number of nitrogens with one attached hydrogen (secondary N) is 2. The molecule has 0 atom stereocenters. The van der Waals surface area contributed by atoms with Crippen LogP contribution in [0.4, 0.5) is 0 Å². The zero-order valence-corrected chi connectivity index (χ0v) is 11.9. The summed E-state index contributed by atoms with van der Waals surface area (Å²) >= 11 is 11.4. The highest BCUT2D eigenvalue weighted by atomic mass is 79.9. The minimum Gasteiger partial charge on any atom is -0.447 e. The molecule has 1 rings (SSSR count). The minimum absolute atomic E-state index is 0.485. The molecule has 0 amide bonds. The second kappa shape index (κ2) is 6.24. The van der Waals surface area contributed by atoms with Crippen LogP contribution >= 0.6 is 44.1 Å². The van der Waals surface area contributed by atoms with Gasteiger partial charge in [-0.05, 0) is 51.0 Å². The maximum atomic E-state index is 5.27. The van der Waals surface area contributed by atoms with Crippen LogP contribution in [0.1, 0.15) is 12.7 Å². The molecule has 2 N–H and O–H groups in total. The lowest BCUT2D eigenvalue weighted by atomic mass is 10.5. The molecule has 0 aliphatic heterocycles. The quantitative estimate of drug-likeness (QED) is 0.497. The minimum atomic E-state index is 0.485. The highest BCUT2D eigenvalue weighted by Crippen LogP contribution is 2.25. The average molecular weight is 355 g/mol. The van der Waals surface area contributed by atoms with Crippen LogP contribution in [0.15, 0.2) is 24.7 Å². The van der Waals surface area contributed by atoms with Gasteiger partial charge in [-0.2, -0.15) is 5.10 Å². The first-order valence-corrected chi connectivity index (χ1v) is 6.14. The van der Waals surface area contributed by atoms with E-state index in [0.717, 1.165) is 11.0 Å². The summed E-state index contributed by atoms with van der Waals surface area (Å²) in [5.41, 5.74) is 2.66. The number of hydrazone groups is 1. The zero-order chi connectivity index (χ0) is 11.3. The maximum Gasteiger partial charge on any atom is 0.186 e. The van der Waals surface area contributed by atoms with Crippen LogP contribution < -0.4 is 10.7 Å². The Morgan fingerprint density at radius 2 is 2.40 bits per heavy atom. The molecule has 1 heterocycles. The third-order valence-corrected chi connectivity index (χ3v) is 3.31. The fourth-order valence-corrected chi connectivity index (χ4v) is 1.59. The number of nitrogens with zero attached hydrogens (tertiary/aromatic N) is 1. The van der Waals surface area contributed by atoms with E-state index >= 15 is 0 Å². The standard InChI is InChI=1S/C8H9Br2N3OS/c1-2-11-8(15)13-12-4-5-3-6(9)7(10)14-5/h3-4H,2H2,1H3,(H2,11,13,15). The van der Waals surface area contributed by atoms with Crippen molar-refractivity contribution in [3.8, 4) is 0 Å². The highest BCUT2D eigenvalue weighted by Gasteiger charge is 2.03. The molecule has 7 heteroatoms. The molecule has 0 spiro atoms. The van der Waals surface area contributed by atoms with E-state index in [4.69, 9.17) is 16.6 Å². The summed E-state index contributed by atoms with van der Waals surface area (Å²) in [6.45, 7) is 2.72. The van der Waals surface area contributed by atoms with Gasteiger partial charge >= 0.3 is 0 Å². The number of thiocarbonyl (C=S) groups is 1. The highest BCUT2D eigenvalue weighted by molar-refractivity contribution is 9.13. The molecule has 0 aromatic carbocycles. The molecule has 1 aromatic rings. The number of furan rings is 1. The lowest BCUT2D eigenvalue weighted by molar-refractivity contribution is 0.532. The van der Waals surface area contributed by atoms with E-state index in [-0.39, 0.29) is 0 Å². The van der Waals surface area contributed by atoms with Crippen molar-refractivity contribution in [1.29, 1.82) is 0 Å². The predicted molar refractivity (Wildman–Crippen MR) is 71.1 cm³/mol. The number of halogens is 2. The van der Waals surface area contributed by atoms with Crippen molar-refractivity contribution in [1.82, 2.24) is 10.7 Å². The van der Waals surface area contributed by atoms with Crippen molar-refractivity contribution < 1.29 is 4.42 Å². The van der Waals surface area contributed by atoms with Gasteiger partial charge in [0.2, 0.25) is 0 Å². The van der Waals surface area contributed by atoms with Crippen molar-refractivity contribution in [3.63, 3.8) is 0 Å². The molecule has 0 unspecified atom stereocenters. The second-order valence-corrected chi connectivity index (χ2v) is 4.48. The Hall–Kier alpha value is -0.400. The van der Waals surface area contributed by atoms with Gasteiger partial charge in [0, 0.05) is 12.6 Å². The summed E-state index contributed by atoms with van der Waals surface area (Å²) in [6, 6.07) is 1.80. The zero-order valence-electron chi connectivity index (χ0n) is 7.88. The first-order chi connectivity index (χ1) is 7.13. The van der Waals surface area contributed by atoms with Crippen LogP contribution in [-0.2, 0) is 0 Å². The molecule has 0 saturated carbocycles. The SMILES string of the molecule is CCNC(=S)NN=Cc1cc(Br)c(Br)o1. The number of hydrogen-bond acceptors (Lipinski definition) is 3. The van der Waals surface area contributed by atoms with E-state index in [9.17, 15) is 0 Å². The largest absolute Gasteiger partial charge is 0.447 e. The predicted octanol–water partition coefficient (Wildman–Crippen LogP) is 2.62. The van der Waals surface area contributed by atoms with Gasteiger partial charge in [0.1, 0.15) is 5.76 Å². The van der Waals surface area contributed by atoms with Gasteiger partial charge in [0.25, 0.3) is 0 Å². The van der Waals surface area contributed by atoms with E-state index in [0.29, 0.717) is 15.5 Å². The fourth-order valence-electron chi connectivity index (χ4n) is 0.782. The Bertz CT molecular complexity index is 358. The summed E-state index contributed by atoms with van der Waals surface area (Å²) in [4.78, 5) is 0. The molecule has 0 bridgehead atoms. The first-order valence-electron chi connectivity index (χ1n) is 4.15. The molecule has 0 radical (unpaired) electrons. The van der Waals surface area contributed by atoms with Crippen LogP contribution in [0.2, 0.25) is 0 Å². The van der Waals surface area contributed by atoms with E-state index < -0.39 is 0 Å². The fraction of sp³-hybridized carbons (Fsp3) is 0.250. The lowest BCUT2D eigenvalue weighted by Crippen LogP contribution is -2.31. The van der Waals surface area contributed by atoms with Crippen LogP contribution in [-0.4, -0.2) is 17.9 Å². The summed E-state index contributed by atoms with van der Waals surface area (Å²) in [6.07, 6.45) is 1.54. The molecule has 4 nitrogen and oxygen atoms in total. The average Bonchev–Trinajstić information content (AvgIpc) is 2.46. The maximum absolute atomic E-state index is 5.27. The molecule has 82 valence electrons. The van der Waals surface area contributed by atoms with Crippen LogP contribution in [0.25, 0.3) is 0 Å². The molecule has 0 aliphatic rings. The molecule has 0 fully saturated rings. The number of hydrogen-bond donors (Lipinski definition) is 2. The van der Waals surface area contributed by atoms with Gasteiger partial charge in [-0.1, -0.05) is 0 Å². The van der Waals surface area contributed by atoms with Crippen LogP contribution in [0, 0.1) is 0 Å². The molecule has 15 heavy (non-hydrogen) atoms. The molecular formula is C8H9Br2N3OS. The Morgan fingerprint density at radius 3 is 2.93 bits per heavy atom. The van der Waals surface area contributed by atoms with Gasteiger partial charge in [-0.3, -0.25) is 5.43 Å². The third-order valence-electron chi connectivity index (χ3n) is 1.36. The second-order valence-electron chi connectivity index (χ2n) is 2.50. The van der Waals surface area contributed by atoms with Crippen molar-refractivity contribution >= 4 is 55.4 Å². The molecular weight excluding hydrogens is 346 g/mol. The first kappa shape index (κ1) is 12.7. The van der Waals surface area contributed by atoms with E-state index in [1.165, 1.54) is 0 Å². The summed E-state index contributed by atoms with van der Waals surface area (Å²) < 4.78 is 6.76. The van der Waals surface area contributed by atoms with E-state index in [1.54, 1.807) is 12.3 Å². The Kier molecular flexibility index (Phi) is 5.27. The van der Waals surface area contributed by atoms with Gasteiger partial charge in [-0.25, -0.2) is 0 Å². The van der Waals surface area contributed by atoms with Crippen molar-refractivity contribution in [2.24, 2.45) is 5.10 Å². The van der Waals surface area contributed by atoms with Crippen molar-refractivity contribution in [2.45, 2.75) is 6.92 Å². The molecule has 0 saturated heterocycles. The van der Waals surface area contributed by atoms with Crippen molar-refractivity contribution in [3.05, 3.63) is 21.0 Å². The summed E-state index contributed by atoms with van der Waals surface area (Å²) in [7, 11) is 0. The smallest absolute Gasteiger partial charge is 0.186 e. The van der Waals surface area contributed by atoms with E-state index in [1.807, 2.05) is 6.92 Å². The monoisotopic (exact) mass is 353 g/mol. The number of rotatable bonds is 3. The Morgan fingerprint density at radius 1 is 1.67 bits per heavy atom. The summed E-state index contributed by atoms with van der Waals surface area (Å²) in [5, 5.41) is 7.29. The lowest BCUT2D eigenvalue weighted by Gasteiger charge is -2.01.